The van der Waals surface area contributed by atoms with Crippen molar-refractivity contribution in [2.45, 2.75) is 31.7 Å². The Labute approximate surface area is 85.3 Å². The first-order valence-corrected chi connectivity index (χ1v) is 5.34. The number of aliphatic carboxylic acids is 1. The van der Waals surface area contributed by atoms with Gasteiger partial charge in [0.05, 0.1) is 6.54 Å². The van der Waals surface area contributed by atoms with Gasteiger partial charge < -0.3 is 10.4 Å². The summed E-state index contributed by atoms with van der Waals surface area (Å²) in [6.45, 7) is 2.12. The normalized spacial score (nSPS) is 23.6. The summed E-state index contributed by atoms with van der Waals surface area (Å²) in [6.07, 6.45) is 4.59. The van der Waals surface area contributed by atoms with Crippen LogP contribution < -0.4 is 5.32 Å². The number of nitrogens with zero attached hydrogens (tertiary/aromatic N) is 1. The van der Waals surface area contributed by atoms with Crippen molar-refractivity contribution in [1.82, 2.24) is 10.2 Å². The maximum atomic E-state index is 10.6. The van der Waals surface area contributed by atoms with Crippen LogP contribution in [0.4, 0.5) is 0 Å². The van der Waals surface area contributed by atoms with Crippen LogP contribution in [0.2, 0.25) is 0 Å². The van der Waals surface area contributed by atoms with Crippen LogP contribution in [0.1, 0.15) is 25.7 Å². The van der Waals surface area contributed by atoms with Crippen LogP contribution in [-0.4, -0.2) is 48.7 Å². The van der Waals surface area contributed by atoms with E-state index < -0.39 is 5.97 Å². The first-order valence-electron chi connectivity index (χ1n) is 5.34. The third-order valence-corrected chi connectivity index (χ3v) is 2.81. The summed E-state index contributed by atoms with van der Waals surface area (Å²) >= 11 is 0. The molecule has 1 aliphatic rings. The van der Waals surface area contributed by atoms with E-state index in [1.807, 2.05) is 7.05 Å². The molecule has 82 valence electrons. The summed E-state index contributed by atoms with van der Waals surface area (Å²) in [5.74, 6) is -0.707. The van der Waals surface area contributed by atoms with Gasteiger partial charge >= 0.3 is 5.97 Å². The lowest BCUT2D eigenvalue weighted by Crippen LogP contribution is -2.43. The summed E-state index contributed by atoms with van der Waals surface area (Å²) in [5, 5.41) is 11.9. The molecule has 0 aliphatic carbocycles. The molecule has 14 heavy (non-hydrogen) atoms. The molecule has 1 saturated heterocycles. The van der Waals surface area contributed by atoms with E-state index in [-0.39, 0.29) is 6.54 Å². The molecule has 2 N–H and O–H groups in total. The average Bonchev–Trinajstić information content (AvgIpc) is 2.16. The second-order valence-corrected chi connectivity index (χ2v) is 3.91. The number of hydrogen-bond acceptors (Lipinski definition) is 3. The number of carbonyl (C=O) groups is 1. The molecule has 1 heterocycles. The number of rotatable bonds is 5. The van der Waals surface area contributed by atoms with Crippen molar-refractivity contribution in [3.05, 3.63) is 0 Å². The van der Waals surface area contributed by atoms with Crippen LogP contribution in [0.3, 0.4) is 0 Å². The third-order valence-electron chi connectivity index (χ3n) is 2.81. The lowest BCUT2D eigenvalue weighted by Gasteiger charge is -2.34. The third kappa shape index (κ3) is 3.64. The molecule has 1 unspecified atom stereocenters. The van der Waals surface area contributed by atoms with Crippen molar-refractivity contribution in [1.29, 1.82) is 0 Å². The largest absolute Gasteiger partial charge is 0.480 e. The number of hydrogen-bond donors (Lipinski definition) is 2. The fraction of sp³-hybridized carbons (Fsp3) is 0.900. The number of likely N-dealkylation sites (tertiary alicyclic amines) is 1. The highest BCUT2D eigenvalue weighted by Gasteiger charge is 2.23. The summed E-state index contributed by atoms with van der Waals surface area (Å²) < 4.78 is 0. The topological polar surface area (TPSA) is 52.6 Å². The lowest BCUT2D eigenvalue weighted by molar-refractivity contribution is -0.139. The van der Waals surface area contributed by atoms with Gasteiger partial charge in [0.15, 0.2) is 0 Å². The highest BCUT2D eigenvalue weighted by molar-refractivity contribution is 5.69. The fourth-order valence-electron chi connectivity index (χ4n) is 2.08. The van der Waals surface area contributed by atoms with Crippen LogP contribution in [0.25, 0.3) is 0 Å². The maximum absolute atomic E-state index is 10.6. The molecule has 1 atom stereocenters. The first kappa shape index (κ1) is 11.5. The second kappa shape index (κ2) is 5.98. The number of carboxylic acid groups (broad SMARTS) is 1. The molecule has 4 nitrogen and oxygen atoms in total. The molecule has 0 saturated carbocycles. The van der Waals surface area contributed by atoms with Gasteiger partial charge in [0.2, 0.25) is 0 Å². The number of piperidine rings is 1. The van der Waals surface area contributed by atoms with Gasteiger partial charge in [-0.1, -0.05) is 6.42 Å². The molecule has 0 aromatic rings. The fourth-order valence-corrected chi connectivity index (χ4v) is 2.08. The maximum Gasteiger partial charge on any atom is 0.317 e. The predicted octanol–water partition coefficient (Wildman–Crippen LogP) is 0.535. The summed E-state index contributed by atoms with van der Waals surface area (Å²) in [7, 11) is 1.93. The zero-order chi connectivity index (χ0) is 10.4. The minimum atomic E-state index is -0.707. The molecule has 1 aliphatic heterocycles. The van der Waals surface area contributed by atoms with E-state index in [1.165, 1.54) is 6.42 Å². The summed E-state index contributed by atoms with van der Waals surface area (Å²) in [4.78, 5) is 12.7. The number of carboxylic acids is 1. The second-order valence-electron chi connectivity index (χ2n) is 3.91. The Morgan fingerprint density at radius 1 is 1.57 bits per heavy atom. The van der Waals surface area contributed by atoms with Crippen molar-refractivity contribution in [2.24, 2.45) is 0 Å². The Hall–Kier alpha value is -0.610. The van der Waals surface area contributed by atoms with Gasteiger partial charge in [-0.2, -0.15) is 0 Å². The van der Waals surface area contributed by atoms with Crippen molar-refractivity contribution >= 4 is 5.97 Å². The Balaban J connectivity index is 2.37. The van der Waals surface area contributed by atoms with Gasteiger partial charge in [-0.25, -0.2) is 0 Å². The van der Waals surface area contributed by atoms with Gasteiger partial charge in [-0.05, 0) is 39.4 Å². The van der Waals surface area contributed by atoms with Crippen molar-refractivity contribution < 1.29 is 9.90 Å². The van der Waals surface area contributed by atoms with E-state index in [2.05, 4.69) is 10.2 Å². The van der Waals surface area contributed by atoms with Gasteiger partial charge in [0.25, 0.3) is 0 Å². The van der Waals surface area contributed by atoms with Crippen LogP contribution in [-0.2, 0) is 4.79 Å². The molecule has 0 aromatic carbocycles. The first-order chi connectivity index (χ1) is 6.74. The molecule has 0 amide bonds. The van der Waals surface area contributed by atoms with Gasteiger partial charge in [-0.15, -0.1) is 0 Å². The van der Waals surface area contributed by atoms with Gasteiger partial charge in [-0.3, -0.25) is 9.69 Å². The zero-order valence-corrected chi connectivity index (χ0v) is 8.83. The van der Waals surface area contributed by atoms with Crippen molar-refractivity contribution in [3.8, 4) is 0 Å². The van der Waals surface area contributed by atoms with Gasteiger partial charge in [0.1, 0.15) is 0 Å². The standard InChI is InChI=1S/C10H20N2O2/c1-11-6-5-9-4-2-3-7-12(9)8-10(13)14/h9,11H,2-8H2,1H3,(H,13,14). The van der Waals surface area contributed by atoms with Gasteiger partial charge in [0, 0.05) is 6.04 Å². The van der Waals surface area contributed by atoms with Crippen LogP contribution in [0.15, 0.2) is 0 Å². The zero-order valence-electron chi connectivity index (χ0n) is 8.83. The predicted molar refractivity (Wildman–Crippen MR) is 55.4 cm³/mol. The highest BCUT2D eigenvalue weighted by atomic mass is 16.4. The Bertz CT molecular complexity index is 185. The summed E-state index contributed by atoms with van der Waals surface area (Å²) in [5.41, 5.74) is 0. The molecule has 0 aromatic heterocycles. The van der Waals surface area contributed by atoms with Crippen molar-refractivity contribution in [3.63, 3.8) is 0 Å². The Morgan fingerprint density at radius 3 is 3.00 bits per heavy atom. The molecular weight excluding hydrogens is 180 g/mol. The Morgan fingerprint density at radius 2 is 2.36 bits per heavy atom. The minimum Gasteiger partial charge on any atom is -0.480 e. The van der Waals surface area contributed by atoms with E-state index in [0.29, 0.717) is 6.04 Å². The van der Waals surface area contributed by atoms with E-state index in [0.717, 1.165) is 32.4 Å². The highest BCUT2D eigenvalue weighted by Crippen LogP contribution is 2.18. The summed E-state index contributed by atoms with van der Waals surface area (Å²) in [6, 6.07) is 0.465. The molecule has 0 bridgehead atoms. The van der Waals surface area contributed by atoms with E-state index in [9.17, 15) is 4.79 Å². The smallest absolute Gasteiger partial charge is 0.317 e. The van der Waals surface area contributed by atoms with Crippen LogP contribution in [0, 0.1) is 0 Å². The monoisotopic (exact) mass is 200 g/mol. The van der Waals surface area contributed by atoms with Crippen molar-refractivity contribution in [2.75, 3.05) is 26.7 Å². The van der Waals surface area contributed by atoms with E-state index in [1.54, 1.807) is 0 Å². The molecule has 0 radical (unpaired) electrons. The molecule has 1 fully saturated rings. The number of nitrogens with one attached hydrogen (secondary N) is 1. The molecule has 1 rings (SSSR count). The molecular formula is C10H20N2O2. The minimum absolute atomic E-state index is 0.203. The lowest BCUT2D eigenvalue weighted by atomic mass is 9.99. The Kier molecular flexibility index (Phi) is 4.90. The molecule has 0 spiro atoms. The SMILES string of the molecule is CNCCC1CCCCN1CC(=O)O. The van der Waals surface area contributed by atoms with Crippen LogP contribution >= 0.6 is 0 Å². The van der Waals surface area contributed by atoms with E-state index in [4.69, 9.17) is 5.11 Å². The van der Waals surface area contributed by atoms with Crippen LogP contribution in [0.5, 0.6) is 0 Å². The van der Waals surface area contributed by atoms with E-state index >= 15 is 0 Å². The quantitative estimate of drug-likeness (QED) is 0.680. The average molecular weight is 200 g/mol. The molecule has 4 heteroatoms.